The Morgan fingerprint density at radius 3 is 1.35 bits per heavy atom. The molecule has 0 fully saturated rings. The monoisotopic (exact) mass is 400 g/mol. The van der Waals surface area contributed by atoms with E-state index in [1.54, 1.807) is 0 Å². The van der Waals surface area contributed by atoms with Gasteiger partial charge in [-0.2, -0.15) is 0 Å². The smallest absolute Gasteiger partial charge is 0.352 e. The molecular formula is C21H44O3Si2. The number of rotatable bonds is 19. The molecule has 0 aliphatic carbocycles. The molecule has 0 radical (unpaired) electrons. The van der Waals surface area contributed by atoms with E-state index in [0.29, 0.717) is 0 Å². The predicted molar refractivity (Wildman–Crippen MR) is 119 cm³/mol. The quantitative estimate of drug-likeness (QED) is 0.173. The SMILES string of the molecule is C=C[Si](C)(OCCCCCC)O[Si](C)(C=C)OCCCCCCCCC. The molecule has 3 nitrogen and oxygen atoms in total. The molecule has 5 heteroatoms. The molecule has 0 heterocycles. The minimum absolute atomic E-state index is 0.744. The van der Waals surface area contributed by atoms with Crippen molar-refractivity contribution in [3.8, 4) is 0 Å². The fourth-order valence-electron chi connectivity index (χ4n) is 2.80. The molecule has 0 spiro atoms. The van der Waals surface area contributed by atoms with Crippen LogP contribution in [0.5, 0.6) is 0 Å². The van der Waals surface area contributed by atoms with Crippen molar-refractivity contribution in [3.63, 3.8) is 0 Å². The fourth-order valence-corrected chi connectivity index (χ4v) is 8.49. The van der Waals surface area contributed by atoms with Crippen LogP contribution in [0.15, 0.2) is 24.6 Å². The van der Waals surface area contributed by atoms with Crippen molar-refractivity contribution < 1.29 is 13.0 Å². The van der Waals surface area contributed by atoms with Gasteiger partial charge in [0.1, 0.15) is 0 Å². The highest BCUT2D eigenvalue weighted by molar-refractivity contribution is 6.84. The van der Waals surface area contributed by atoms with Gasteiger partial charge in [-0.05, 0) is 25.9 Å². The largest absolute Gasteiger partial charge is 0.409 e. The molecule has 0 rings (SSSR count). The lowest BCUT2D eigenvalue weighted by molar-refractivity contribution is 0.197. The van der Waals surface area contributed by atoms with Crippen LogP contribution in [0.2, 0.25) is 13.1 Å². The highest BCUT2D eigenvalue weighted by Crippen LogP contribution is 2.20. The maximum Gasteiger partial charge on any atom is 0.352 e. The maximum atomic E-state index is 6.39. The van der Waals surface area contributed by atoms with E-state index in [2.05, 4.69) is 40.1 Å². The lowest BCUT2D eigenvalue weighted by Gasteiger charge is -2.33. The van der Waals surface area contributed by atoms with E-state index in [9.17, 15) is 0 Å². The molecular weight excluding hydrogens is 356 g/mol. The van der Waals surface area contributed by atoms with E-state index in [-0.39, 0.29) is 0 Å². The summed E-state index contributed by atoms with van der Waals surface area (Å²) in [5.41, 5.74) is 3.75. The van der Waals surface area contributed by atoms with Crippen LogP contribution in [-0.2, 0) is 13.0 Å². The van der Waals surface area contributed by atoms with Gasteiger partial charge in [-0.1, -0.05) is 83.0 Å². The molecule has 0 aromatic rings. The zero-order valence-corrected chi connectivity index (χ0v) is 20.0. The average molecular weight is 401 g/mol. The maximum absolute atomic E-state index is 6.39. The lowest BCUT2D eigenvalue weighted by atomic mass is 10.1. The molecule has 0 saturated carbocycles. The molecule has 154 valence electrons. The van der Waals surface area contributed by atoms with Gasteiger partial charge in [-0.3, -0.25) is 0 Å². The Hall–Kier alpha value is -0.206. The fraction of sp³-hybridized carbons (Fsp3) is 0.810. The highest BCUT2D eigenvalue weighted by atomic mass is 28.5. The Morgan fingerprint density at radius 2 is 0.962 bits per heavy atom. The van der Waals surface area contributed by atoms with Crippen molar-refractivity contribution in [1.82, 2.24) is 0 Å². The Kier molecular flexibility index (Phi) is 15.7. The van der Waals surface area contributed by atoms with Crippen molar-refractivity contribution in [2.24, 2.45) is 0 Å². The first-order valence-corrected chi connectivity index (χ1v) is 15.5. The summed E-state index contributed by atoms with van der Waals surface area (Å²) in [6.45, 7) is 18.0. The van der Waals surface area contributed by atoms with Crippen molar-refractivity contribution in [2.45, 2.75) is 97.6 Å². The zero-order valence-electron chi connectivity index (χ0n) is 18.0. The molecule has 2 unspecified atom stereocenters. The zero-order chi connectivity index (χ0) is 19.7. The van der Waals surface area contributed by atoms with E-state index in [0.717, 1.165) is 26.1 Å². The van der Waals surface area contributed by atoms with Gasteiger partial charge in [0, 0.05) is 13.2 Å². The summed E-state index contributed by atoms with van der Waals surface area (Å²) in [6.07, 6.45) is 13.8. The first kappa shape index (κ1) is 25.8. The topological polar surface area (TPSA) is 27.7 Å². The van der Waals surface area contributed by atoms with Crippen molar-refractivity contribution in [1.29, 1.82) is 0 Å². The Bertz CT molecular complexity index is 365. The Balaban J connectivity index is 4.17. The minimum Gasteiger partial charge on any atom is -0.409 e. The van der Waals surface area contributed by atoms with Gasteiger partial charge in [-0.25, -0.2) is 0 Å². The third-order valence-electron chi connectivity index (χ3n) is 4.67. The Labute approximate surface area is 165 Å². The summed E-state index contributed by atoms with van der Waals surface area (Å²) in [4.78, 5) is 0. The average Bonchev–Trinajstić information content (AvgIpc) is 2.64. The van der Waals surface area contributed by atoms with Crippen LogP contribution in [0.25, 0.3) is 0 Å². The molecule has 26 heavy (non-hydrogen) atoms. The third kappa shape index (κ3) is 13.0. The molecule has 0 aliphatic rings. The van der Waals surface area contributed by atoms with Crippen LogP contribution in [-0.4, -0.2) is 30.3 Å². The normalized spacial score (nSPS) is 16.0. The van der Waals surface area contributed by atoms with Crippen molar-refractivity contribution >= 4 is 17.1 Å². The molecule has 2 atom stereocenters. The van der Waals surface area contributed by atoms with Crippen LogP contribution in [0.3, 0.4) is 0 Å². The van der Waals surface area contributed by atoms with Crippen LogP contribution in [0, 0.1) is 0 Å². The van der Waals surface area contributed by atoms with Crippen LogP contribution in [0.4, 0.5) is 0 Å². The lowest BCUT2D eigenvalue weighted by Crippen LogP contribution is -2.50. The second-order valence-corrected chi connectivity index (χ2v) is 13.7. The first-order valence-electron chi connectivity index (χ1n) is 10.7. The second kappa shape index (κ2) is 15.8. The van der Waals surface area contributed by atoms with Gasteiger partial charge in [-0.15, -0.1) is 13.2 Å². The molecule has 0 N–H and O–H groups in total. The van der Waals surface area contributed by atoms with E-state index in [1.807, 2.05) is 11.4 Å². The van der Waals surface area contributed by atoms with Gasteiger partial charge >= 0.3 is 17.1 Å². The van der Waals surface area contributed by atoms with E-state index >= 15 is 0 Å². The van der Waals surface area contributed by atoms with Gasteiger partial charge in [0.15, 0.2) is 0 Å². The third-order valence-corrected chi connectivity index (χ3v) is 11.0. The standard InChI is InChI=1S/C21H44O3Si2/c1-7-11-13-15-16-17-19-21-23-26(6,10-4)24-25(5,9-3)22-20-18-14-12-8-2/h9-10H,3-4,7-8,11-21H2,1-2,5-6H3. The molecule has 0 bridgehead atoms. The molecule has 0 saturated heterocycles. The van der Waals surface area contributed by atoms with E-state index in [1.165, 1.54) is 57.8 Å². The summed E-state index contributed by atoms with van der Waals surface area (Å²) in [6, 6.07) is 0. The number of hydrogen-bond acceptors (Lipinski definition) is 3. The van der Waals surface area contributed by atoms with Crippen LogP contribution in [0.1, 0.15) is 84.5 Å². The summed E-state index contributed by atoms with van der Waals surface area (Å²) in [5.74, 6) is 0. The van der Waals surface area contributed by atoms with Crippen LogP contribution >= 0.6 is 0 Å². The Morgan fingerprint density at radius 1 is 0.615 bits per heavy atom. The summed E-state index contributed by atoms with van der Waals surface area (Å²) in [7, 11) is -4.81. The van der Waals surface area contributed by atoms with E-state index in [4.69, 9.17) is 13.0 Å². The van der Waals surface area contributed by atoms with Crippen LogP contribution < -0.4 is 0 Å². The molecule has 0 aromatic carbocycles. The molecule has 0 amide bonds. The second-order valence-electron chi connectivity index (χ2n) is 7.42. The number of hydrogen-bond donors (Lipinski definition) is 0. The summed E-state index contributed by atoms with van der Waals surface area (Å²) >= 11 is 0. The predicted octanol–water partition coefficient (Wildman–Crippen LogP) is 6.96. The van der Waals surface area contributed by atoms with Gasteiger partial charge < -0.3 is 13.0 Å². The van der Waals surface area contributed by atoms with E-state index < -0.39 is 17.1 Å². The first-order chi connectivity index (χ1) is 12.4. The van der Waals surface area contributed by atoms with Gasteiger partial charge in [0.2, 0.25) is 0 Å². The minimum atomic E-state index is -2.41. The number of unbranched alkanes of at least 4 members (excludes halogenated alkanes) is 9. The summed E-state index contributed by atoms with van der Waals surface area (Å²) in [5, 5.41) is 0. The summed E-state index contributed by atoms with van der Waals surface area (Å²) < 4.78 is 18.7. The van der Waals surface area contributed by atoms with Gasteiger partial charge in [0.25, 0.3) is 0 Å². The molecule has 0 aromatic heterocycles. The molecule has 0 aliphatic heterocycles. The highest BCUT2D eigenvalue weighted by Gasteiger charge is 2.39. The van der Waals surface area contributed by atoms with Crippen molar-refractivity contribution in [3.05, 3.63) is 24.6 Å². The van der Waals surface area contributed by atoms with Crippen molar-refractivity contribution in [2.75, 3.05) is 13.2 Å². The van der Waals surface area contributed by atoms with Gasteiger partial charge in [0.05, 0.1) is 0 Å².